The number of hydrogen-bond donors (Lipinski definition) is 1. The molecule has 7 nitrogen and oxygen atoms in total. The van der Waals surface area contributed by atoms with Gasteiger partial charge in [-0.05, 0) is 49.1 Å². The van der Waals surface area contributed by atoms with Gasteiger partial charge in [0.2, 0.25) is 5.82 Å². The summed E-state index contributed by atoms with van der Waals surface area (Å²) in [7, 11) is 0. The van der Waals surface area contributed by atoms with Crippen LogP contribution < -0.4 is 0 Å². The molecule has 126 valence electrons. The van der Waals surface area contributed by atoms with Gasteiger partial charge in [0.25, 0.3) is 5.91 Å². The number of tetrazole rings is 1. The van der Waals surface area contributed by atoms with E-state index in [-0.39, 0.29) is 11.5 Å². The fourth-order valence-corrected chi connectivity index (χ4v) is 3.75. The lowest BCUT2D eigenvalue weighted by Crippen LogP contribution is -2.46. The molecule has 0 atom stereocenters. The van der Waals surface area contributed by atoms with E-state index in [4.69, 9.17) is 16.3 Å². The minimum Gasteiger partial charge on any atom is -0.375 e. The zero-order chi connectivity index (χ0) is 16.6. The number of carbonyl (C=O) groups is 1. The Morgan fingerprint density at radius 2 is 2.12 bits per heavy atom. The van der Waals surface area contributed by atoms with Crippen LogP contribution in [-0.4, -0.2) is 56.7 Å². The maximum absolute atomic E-state index is 12.9. The number of halogens is 1. The van der Waals surface area contributed by atoms with Gasteiger partial charge >= 0.3 is 0 Å². The van der Waals surface area contributed by atoms with Crippen LogP contribution in [0.5, 0.6) is 0 Å². The van der Waals surface area contributed by atoms with Crippen molar-refractivity contribution >= 4 is 17.5 Å². The van der Waals surface area contributed by atoms with Crippen LogP contribution in [-0.2, 0) is 4.74 Å². The molecule has 0 bridgehead atoms. The van der Waals surface area contributed by atoms with Crippen molar-refractivity contribution in [3.63, 3.8) is 0 Å². The molecule has 0 saturated carbocycles. The second-order valence-electron chi connectivity index (χ2n) is 6.36. The topological polar surface area (TPSA) is 84.0 Å². The molecule has 1 amide bonds. The first-order valence-electron chi connectivity index (χ1n) is 8.14. The first kappa shape index (κ1) is 15.5. The highest BCUT2D eigenvalue weighted by Crippen LogP contribution is 2.36. The summed E-state index contributed by atoms with van der Waals surface area (Å²) in [5.41, 5.74) is 1.18. The molecule has 1 aromatic carbocycles. The van der Waals surface area contributed by atoms with Crippen molar-refractivity contribution in [1.82, 2.24) is 25.5 Å². The van der Waals surface area contributed by atoms with Crippen LogP contribution in [0.25, 0.3) is 11.4 Å². The van der Waals surface area contributed by atoms with Crippen LogP contribution in [0.4, 0.5) is 0 Å². The van der Waals surface area contributed by atoms with E-state index in [9.17, 15) is 4.79 Å². The number of piperidine rings is 1. The molecule has 3 heterocycles. The number of aromatic amines is 1. The molecule has 2 aliphatic heterocycles. The van der Waals surface area contributed by atoms with Crippen molar-refractivity contribution in [1.29, 1.82) is 0 Å². The van der Waals surface area contributed by atoms with E-state index in [0.717, 1.165) is 32.3 Å². The normalized spacial score (nSPS) is 19.8. The van der Waals surface area contributed by atoms with E-state index in [2.05, 4.69) is 20.6 Å². The Bertz CT molecular complexity index is 733. The van der Waals surface area contributed by atoms with E-state index >= 15 is 0 Å². The number of amides is 1. The van der Waals surface area contributed by atoms with E-state index in [0.29, 0.717) is 35.1 Å². The molecule has 0 radical (unpaired) electrons. The summed E-state index contributed by atoms with van der Waals surface area (Å²) >= 11 is 6.26. The van der Waals surface area contributed by atoms with Crippen LogP contribution in [0.1, 0.15) is 36.0 Å². The number of nitrogens with one attached hydrogen (secondary N) is 1. The molecule has 2 aliphatic rings. The first-order chi connectivity index (χ1) is 11.7. The van der Waals surface area contributed by atoms with Crippen molar-refractivity contribution in [3.8, 4) is 11.4 Å². The SMILES string of the molecule is O=C(c1cc(-c2nn[nH]n2)ccc1Cl)N1CCC2(CCCO2)CC1. The van der Waals surface area contributed by atoms with Gasteiger partial charge < -0.3 is 9.64 Å². The molecule has 0 unspecified atom stereocenters. The largest absolute Gasteiger partial charge is 0.375 e. The number of aromatic nitrogens is 4. The number of ether oxygens (including phenoxy) is 1. The van der Waals surface area contributed by atoms with Gasteiger partial charge in [0, 0.05) is 25.3 Å². The summed E-state index contributed by atoms with van der Waals surface area (Å²) in [5.74, 6) is 0.385. The highest BCUT2D eigenvalue weighted by molar-refractivity contribution is 6.34. The van der Waals surface area contributed by atoms with Crippen LogP contribution >= 0.6 is 11.6 Å². The monoisotopic (exact) mass is 347 g/mol. The molecule has 24 heavy (non-hydrogen) atoms. The average Bonchev–Trinajstić information content (AvgIpc) is 3.28. The summed E-state index contributed by atoms with van der Waals surface area (Å²) in [6.07, 6.45) is 4.00. The number of likely N-dealkylation sites (tertiary alicyclic amines) is 1. The summed E-state index contributed by atoms with van der Waals surface area (Å²) in [4.78, 5) is 14.7. The van der Waals surface area contributed by atoms with Gasteiger partial charge in [-0.1, -0.05) is 11.6 Å². The molecule has 8 heteroatoms. The van der Waals surface area contributed by atoms with Gasteiger partial charge in [0.1, 0.15) is 0 Å². The summed E-state index contributed by atoms with van der Waals surface area (Å²) in [6, 6.07) is 5.21. The minimum absolute atomic E-state index is 0.00689. The maximum Gasteiger partial charge on any atom is 0.255 e. The Morgan fingerprint density at radius 3 is 2.79 bits per heavy atom. The third kappa shape index (κ3) is 2.78. The standard InChI is InChI=1S/C16H18ClN5O2/c17-13-3-2-11(14-18-20-21-19-14)10-12(13)15(23)22-7-5-16(6-8-22)4-1-9-24-16/h2-3,10H,1,4-9H2,(H,18,19,20,21). The molecule has 4 rings (SSSR count). The molecule has 1 aromatic heterocycles. The number of nitrogens with zero attached hydrogens (tertiary/aromatic N) is 4. The van der Waals surface area contributed by atoms with Gasteiger partial charge in [-0.2, -0.15) is 5.21 Å². The minimum atomic E-state index is -0.0572. The smallest absolute Gasteiger partial charge is 0.255 e. The number of benzene rings is 1. The van der Waals surface area contributed by atoms with Crippen LogP contribution in [0, 0.1) is 0 Å². The lowest BCUT2D eigenvalue weighted by molar-refractivity contribution is -0.0387. The number of rotatable bonds is 2. The van der Waals surface area contributed by atoms with E-state index < -0.39 is 0 Å². The Labute approximate surface area is 144 Å². The second kappa shape index (κ2) is 6.14. The Morgan fingerprint density at radius 1 is 1.29 bits per heavy atom. The van der Waals surface area contributed by atoms with Gasteiger partial charge in [-0.15, -0.1) is 10.2 Å². The number of H-pyrrole nitrogens is 1. The highest BCUT2D eigenvalue weighted by Gasteiger charge is 2.39. The maximum atomic E-state index is 12.9. The predicted molar refractivity (Wildman–Crippen MR) is 87.7 cm³/mol. The Balaban J connectivity index is 1.53. The van der Waals surface area contributed by atoms with Crippen molar-refractivity contribution in [2.24, 2.45) is 0 Å². The molecular weight excluding hydrogens is 330 g/mol. The molecule has 1 N–H and O–H groups in total. The van der Waals surface area contributed by atoms with Crippen LogP contribution in [0.15, 0.2) is 18.2 Å². The second-order valence-corrected chi connectivity index (χ2v) is 6.76. The highest BCUT2D eigenvalue weighted by atomic mass is 35.5. The molecule has 2 aromatic rings. The van der Waals surface area contributed by atoms with Crippen molar-refractivity contribution in [3.05, 3.63) is 28.8 Å². The average molecular weight is 348 g/mol. The van der Waals surface area contributed by atoms with E-state index in [1.54, 1.807) is 18.2 Å². The zero-order valence-corrected chi connectivity index (χ0v) is 13.9. The molecule has 0 aliphatic carbocycles. The lowest BCUT2D eigenvalue weighted by Gasteiger charge is -2.38. The molecule has 2 saturated heterocycles. The summed E-state index contributed by atoms with van der Waals surface area (Å²) in [6.45, 7) is 2.23. The predicted octanol–water partition coefficient (Wildman–Crippen LogP) is 2.31. The quantitative estimate of drug-likeness (QED) is 0.901. The Kier molecular flexibility index (Phi) is 3.97. The van der Waals surface area contributed by atoms with Crippen LogP contribution in [0.3, 0.4) is 0 Å². The van der Waals surface area contributed by atoms with Gasteiger partial charge in [-0.25, -0.2) is 0 Å². The first-order valence-corrected chi connectivity index (χ1v) is 8.51. The third-order valence-electron chi connectivity index (χ3n) is 4.95. The molecule has 2 fully saturated rings. The van der Waals surface area contributed by atoms with E-state index in [1.807, 2.05) is 4.90 Å². The van der Waals surface area contributed by atoms with Gasteiger partial charge in [0.05, 0.1) is 16.2 Å². The zero-order valence-electron chi connectivity index (χ0n) is 13.2. The van der Waals surface area contributed by atoms with Gasteiger partial charge in [-0.3, -0.25) is 4.79 Å². The molecule has 1 spiro atoms. The Hall–Kier alpha value is -1.99. The lowest BCUT2D eigenvalue weighted by atomic mass is 9.88. The summed E-state index contributed by atoms with van der Waals surface area (Å²) < 4.78 is 5.92. The van der Waals surface area contributed by atoms with Crippen molar-refractivity contribution < 1.29 is 9.53 Å². The fourth-order valence-electron chi connectivity index (χ4n) is 3.55. The summed E-state index contributed by atoms with van der Waals surface area (Å²) in [5, 5.41) is 14.3. The van der Waals surface area contributed by atoms with E-state index in [1.165, 1.54) is 0 Å². The third-order valence-corrected chi connectivity index (χ3v) is 5.28. The van der Waals surface area contributed by atoms with Crippen LogP contribution in [0.2, 0.25) is 5.02 Å². The molecular formula is C16H18ClN5O2. The van der Waals surface area contributed by atoms with Gasteiger partial charge in [0.15, 0.2) is 0 Å². The number of hydrogen-bond acceptors (Lipinski definition) is 5. The van der Waals surface area contributed by atoms with Crippen molar-refractivity contribution in [2.75, 3.05) is 19.7 Å². The number of carbonyl (C=O) groups excluding carboxylic acids is 1. The fraction of sp³-hybridized carbons (Fsp3) is 0.500. The van der Waals surface area contributed by atoms with Crippen molar-refractivity contribution in [2.45, 2.75) is 31.3 Å².